The lowest BCUT2D eigenvalue weighted by Gasteiger charge is -2.34. The Bertz CT molecular complexity index is 373. The van der Waals surface area contributed by atoms with Gasteiger partial charge in [-0.25, -0.2) is 0 Å². The standard InChI is InChI=1S/C16H25N/c1-12(2)10-15-6-5-8-17-9-7-13(3)11-14(4)16(15)17/h10,13H,1,5-9,11H2,2-4H3/b15-10-. The summed E-state index contributed by atoms with van der Waals surface area (Å²) in [5, 5.41) is 0. The molecule has 1 heteroatoms. The van der Waals surface area contributed by atoms with E-state index in [1.165, 1.54) is 49.9 Å². The number of hydrogen-bond acceptors (Lipinski definition) is 1. The summed E-state index contributed by atoms with van der Waals surface area (Å²) >= 11 is 0. The molecule has 1 saturated heterocycles. The van der Waals surface area contributed by atoms with Gasteiger partial charge in [-0.2, -0.15) is 0 Å². The Balaban J connectivity index is 2.36. The molecule has 2 heterocycles. The van der Waals surface area contributed by atoms with Crippen LogP contribution in [-0.4, -0.2) is 18.0 Å². The van der Waals surface area contributed by atoms with E-state index in [4.69, 9.17) is 0 Å². The zero-order valence-corrected chi connectivity index (χ0v) is 11.6. The fraction of sp³-hybridized carbons (Fsp3) is 0.625. The second kappa shape index (κ2) is 5.12. The number of allylic oxidation sites excluding steroid dienone is 4. The molecule has 2 rings (SSSR count). The maximum atomic E-state index is 4.03. The molecule has 0 radical (unpaired) electrons. The van der Waals surface area contributed by atoms with Crippen LogP contribution < -0.4 is 0 Å². The molecule has 0 amide bonds. The van der Waals surface area contributed by atoms with Crippen molar-refractivity contribution in [2.24, 2.45) is 5.92 Å². The van der Waals surface area contributed by atoms with E-state index in [0.717, 1.165) is 5.92 Å². The molecular formula is C16H25N. The second-order valence-corrected chi connectivity index (χ2v) is 5.83. The van der Waals surface area contributed by atoms with Crippen molar-refractivity contribution in [3.05, 3.63) is 35.1 Å². The molecule has 0 bridgehead atoms. The van der Waals surface area contributed by atoms with Gasteiger partial charge in [-0.3, -0.25) is 0 Å². The summed E-state index contributed by atoms with van der Waals surface area (Å²) in [4.78, 5) is 2.61. The van der Waals surface area contributed by atoms with E-state index >= 15 is 0 Å². The molecule has 0 aliphatic carbocycles. The number of fused-ring (bicyclic) bond motifs is 1. The molecule has 1 atom stereocenters. The number of hydrogen-bond donors (Lipinski definition) is 0. The van der Waals surface area contributed by atoms with E-state index < -0.39 is 0 Å². The third-order valence-corrected chi connectivity index (χ3v) is 3.87. The Kier molecular flexibility index (Phi) is 3.76. The van der Waals surface area contributed by atoms with Crippen LogP contribution in [0.25, 0.3) is 0 Å². The van der Waals surface area contributed by atoms with Crippen molar-refractivity contribution in [3.8, 4) is 0 Å². The smallest absolute Gasteiger partial charge is 0.0388 e. The van der Waals surface area contributed by atoms with Crippen molar-refractivity contribution in [1.82, 2.24) is 4.90 Å². The SMILES string of the molecule is C=C(C)/C=C1/CCCN2CCC(C)CC(C)=C12. The normalized spacial score (nSPS) is 28.1. The number of rotatable bonds is 1. The van der Waals surface area contributed by atoms with Gasteiger partial charge in [0.2, 0.25) is 0 Å². The summed E-state index contributed by atoms with van der Waals surface area (Å²) in [6.07, 6.45) is 7.41. The minimum absolute atomic E-state index is 0.833. The molecule has 2 aliphatic rings. The second-order valence-electron chi connectivity index (χ2n) is 5.83. The molecule has 94 valence electrons. The van der Waals surface area contributed by atoms with Gasteiger partial charge < -0.3 is 4.90 Å². The van der Waals surface area contributed by atoms with Crippen LogP contribution in [0.3, 0.4) is 0 Å². The first-order chi connectivity index (χ1) is 8.08. The van der Waals surface area contributed by atoms with Crippen molar-refractivity contribution in [2.75, 3.05) is 13.1 Å². The first-order valence-corrected chi connectivity index (χ1v) is 6.89. The van der Waals surface area contributed by atoms with Gasteiger partial charge in [-0.15, -0.1) is 0 Å². The van der Waals surface area contributed by atoms with E-state index in [1.807, 2.05) is 0 Å². The van der Waals surface area contributed by atoms with Crippen molar-refractivity contribution < 1.29 is 0 Å². The van der Waals surface area contributed by atoms with Crippen LogP contribution in [0.15, 0.2) is 35.1 Å². The highest BCUT2D eigenvalue weighted by atomic mass is 15.1. The molecule has 0 aromatic heterocycles. The number of nitrogens with zero attached hydrogens (tertiary/aromatic N) is 1. The summed E-state index contributed by atoms with van der Waals surface area (Å²) in [6.45, 7) is 13.3. The average molecular weight is 231 g/mol. The molecule has 0 spiro atoms. The Morgan fingerprint density at radius 1 is 1.41 bits per heavy atom. The maximum absolute atomic E-state index is 4.03. The highest BCUT2D eigenvalue weighted by molar-refractivity contribution is 5.40. The van der Waals surface area contributed by atoms with Crippen molar-refractivity contribution >= 4 is 0 Å². The fourth-order valence-electron chi connectivity index (χ4n) is 3.20. The molecule has 0 aromatic carbocycles. The van der Waals surface area contributed by atoms with E-state index in [1.54, 1.807) is 11.3 Å². The Hall–Kier alpha value is -0.980. The molecule has 0 aromatic rings. The first kappa shape index (κ1) is 12.5. The Morgan fingerprint density at radius 3 is 2.88 bits per heavy atom. The van der Waals surface area contributed by atoms with Crippen molar-refractivity contribution in [2.45, 2.75) is 46.5 Å². The van der Waals surface area contributed by atoms with Crippen LogP contribution in [0.2, 0.25) is 0 Å². The van der Waals surface area contributed by atoms with Crippen LogP contribution in [0.1, 0.15) is 46.5 Å². The molecule has 1 fully saturated rings. The monoisotopic (exact) mass is 231 g/mol. The van der Waals surface area contributed by atoms with Gasteiger partial charge in [0.05, 0.1) is 0 Å². The van der Waals surface area contributed by atoms with Crippen LogP contribution in [-0.2, 0) is 0 Å². The summed E-state index contributed by atoms with van der Waals surface area (Å²) in [5.74, 6) is 0.833. The highest BCUT2D eigenvalue weighted by Gasteiger charge is 2.25. The van der Waals surface area contributed by atoms with Gasteiger partial charge in [-0.05, 0) is 56.6 Å². The topological polar surface area (TPSA) is 3.24 Å². The lowest BCUT2D eigenvalue weighted by Crippen LogP contribution is -2.30. The quantitative estimate of drug-likeness (QED) is 0.651. The molecule has 2 aliphatic heterocycles. The maximum Gasteiger partial charge on any atom is 0.0388 e. The first-order valence-electron chi connectivity index (χ1n) is 6.89. The average Bonchev–Trinajstić information content (AvgIpc) is 2.38. The summed E-state index contributed by atoms with van der Waals surface area (Å²) in [7, 11) is 0. The van der Waals surface area contributed by atoms with Gasteiger partial charge in [0.1, 0.15) is 0 Å². The lowest BCUT2D eigenvalue weighted by atomic mass is 9.93. The predicted molar refractivity (Wildman–Crippen MR) is 74.8 cm³/mol. The van der Waals surface area contributed by atoms with Gasteiger partial charge >= 0.3 is 0 Å². The molecule has 0 N–H and O–H groups in total. The summed E-state index contributed by atoms with van der Waals surface area (Å²) in [5.41, 5.74) is 5.83. The zero-order chi connectivity index (χ0) is 12.4. The van der Waals surface area contributed by atoms with E-state index in [0.29, 0.717) is 0 Å². The minimum Gasteiger partial charge on any atom is -0.371 e. The Labute approximate surface area is 106 Å². The third kappa shape index (κ3) is 2.83. The lowest BCUT2D eigenvalue weighted by molar-refractivity contribution is 0.308. The van der Waals surface area contributed by atoms with Crippen molar-refractivity contribution in [3.63, 3.8) is 0 Å². The van der Waals surface area contributed by atoms with Crippen molar-refractivity contribution in [1.29, 1.82) is 0 Å². The molecule has 1 unspecified atom stereocenters. The molecule has 17 heavy (non-hydrogen) atoms. The van der Waals surface area contributed by atoms with Gasteiger partial charge in [0.15, 0.2) is 0 Å². The summed E-state index contributed by atoms with van der Waals surface area (Å²) in [6, 6.07) is 0. The minimum atomic E-state index is 0.833. The predicted octanol–water partition coefficient (Wildman–Crippen LogP) is 4.29. The van der Waals surface area contributed by atoms with Crippen LogP contribution in [0, 0.1) is 5.92 Å². The van der Waals surface area contributed by atoms with E-state index in [2.05, 4.69) is 38.3 Å². The van der Waals surface area contributed by atoms with Crippen LogP contribution in [0.4, 0.5) is 0 Å². The highest BCUT2D eigenvalue weighted by Crippen LogP contribution is 2.35. The Morgan fingerprint density at radius 2 is 2.18 bits per heavy atom. The zero-order valence-electron chi connectivity index (χ0n) is 11.6. The molecule has 1 nitrogen and oxygen atoms in total. The molecule has 0 saturated carbocycles. The molecular weight excluding hydrogens is 206 g/mol. The van der Waals surface area contributed by atoms with Gasteiger partial charge in [-0.1, -0.05) is 25.2 Å². The largest absolute Gasteiger partial charge is 0.371 e. The van der Waals surface area contributed by atoms with E-state index in [-0.39, 0.29) is 0 Å². The van der Waals surface area contributed by atoms with E-state index in [9.17, 15) is 0 Å². The number of piperidine rings is 1. The fourth-order valence-corrected chi connectivity index (χ4v) is 3.20. The van der Waals surface area contributed by atoms with Gasteiger partial charge in [0, 0.05) is 18.8 Å². The van der Waals surface area contributed by atoms with Crippen LogP contribution >= 0.6 is 0 Å². The third-order valence-electron chi connectivity index (χ3n) is 3.87. The van der Waals surface area contributed by atoms with Crippen LogP contribution in [0.5, 0.6) is 0 Å². The van der Waals surface area contributed by atoms with Gasteiger partial charge in [0.25, 0.3) is 0 Å². The summed E-state index contributed by atoms with van der Waals surface area (Å²) < 4.78 is 0.